The van der Waals surface area contributed by atoms with E-state index in [1.165, 1.54) is 0 Å². The second-order valence-corrected chi connectivity index (χ2v) is 5.02. The zero-order valence-corrected chi connectivity index (χ0v) is 10.9. The van der Waals surface area contributed by atoms with Crippen molar-refractivity contribution >= 4 is 5.91 Å². The van der Waals surface area contributed by atoms with Gasteiger partial charge in [0.2, 0.25) is 11.8 Å². The van der Waals surface area contributed by atoms with Gasteiger partial charge in [-0.1, -0.05) is 13.8 Å². The van der Waals surface area contributed by atoms with E-state index in [-0.39, 0.29) is 37.5 Å². The zero-order valence-electron chi connectivity index (χ0n) is 10.9. The van der Waals surface area contributed by atoms with Crippen LogP contribution in [0.1, 0.15) is 52.4 Å². The van der Waals surface area contributed by atoms with Crippen LogP contribution in [0.25, 0.3) is 0 Å². The van der Waals surface area contributed by atoms with Gasteiger partial charge in [0.25, 0.3) is 0 Å². The van der Waals surface area contributed by atoms with Crippen LogP contribution in [0, 0.1) is 17.2 Å². The molecule has 0 heterocycles. The van der Waals surface area contributed by atoms with E-state index in [4.69, 9.17) is 5.26 Å². The molecule has 0 spiro atoms. The summed E-state index contributed by atoms with van der Waals surface area (Å²) < 4.78 is 26.0. The fraction of sp³-hybridized carbons (Fsp3) is 0.846. The van der Waals surface area contributed by atoms with Gasteiger partial charge in [0, 0.05) is 18.8 Å². The fourth-order valence-electron chi connectivity index (χ4n) is 2.25. The van der Waals surface area contributed by atoms with Gasteiger partial charge < -0.3 is 5.32 Å². The van der Waals surface area contributed by atoms with Crippen LogP contribution >= 0.6 is 0 Å². The first-order chi connectivity index (χ1) is 8.38. The molecule has 0 aromatic rings. The van der Waals surface area contributed by atoms with Crippen LogP contribution in [-0.4, -0.2) is 17.4 Å². The Bertz CT molecular complexity index is 335. The number of rotatable bonds is 4. The molecular weight excluding hydrogens is 238 g/mol. The number of hydrogen-bond acceptors (Lipinski definition) is 2. The van der Waals surface area contributed by atoms with E-state index in [1.807, 2.05) is 13.8 Å². The number of nitrogens with one attached hydrogen (secondary N) is 1. The minimum Gasteiger partial charge on any atom is -0.338 e. The summed E-state index contributed by atoms with van der Waals surface area (Å²) in [4.78, 5) is 12.0. The van der Waals surface area contributed by atoms with Crippen LogP contribution in [0.2, 0.25) is 0 Å². The average molecular weight is 258 g/mol. The Kier molecular flexibility index (Phi) is 4.66. The monoisotopic (exact) mass is 258 g/mol. The summed E-state index contributed by atoms with van der Waals surface area (Å²) in [5.74, 6) is -3.26. The lowest BCUT2D eigenvalue weighted by Gasteiger charge is -2.31. The quantitative estimate of drug-likeness (QED) is 0.842. The maximum atomic E-state index is 13.0. The van der Waals surface area contributed by atoms with Crippen molar-refractivity contribution in [2.75, 3.05) is 0 Å². The summed E-state index contributed by atoms with van der Waals surface area (Å²) in [6.07, 6.45) is 0.983. The van der Waals surface area contributed by atoms with Gasteiger partial charge >= 0.3 is 0 Å². The Morgan fingerprint density at radius 2 is 1.89 bits per heavy atom. The van der Waals surface area contributed by atoms with E-state index in [1.54, 1.807) is 0 Å². The molecule has 1 N–H and O–H groups in total. The first-order valence-corrected chi connectivity index (χ1v) is 6.49. The van der Waals surface area contributed by atoms with E-state index in [0.717, 1.165) is 0 Å². The van der Waals surface area contributed by atoms with E-state index in [0.29, 0.717) is 12.8 Å². The lowest BCUT2D eigenvalue weighted by Crippen LogP contribution is -2.49. The molecule has 1 aliphatic rings. The average Bonchev–Trinajstić information content (AvgIpc) is 2.36. The van der Waals surface area contributed by atoms with E-state index in [9.17, 15) is 13.6 Å². The van der Waals surface area contributed by atoms with Crippen molar-refractivity contribution in [3.05, 3.63) is 0 Å². The predicted molar refractivity (Wildman–Crippen MR) is 64.0 cm³/mol. The minimum absolute atomic E-state index is 0.202. The number of halogens is 2. The lowest BCUT2D eigenvalue weighted by molar-refractivity contribution is -0.130. The number of carbonyl (C=O) groups excluding carboxylic acids is 1. The van der Waals surface area contributed by atoms with E-state index < -0.39 is 11.5 Å². The Balaban J connectivity index is 2.59. The number of alkyl halides is 2. The highest BCUT2D eigenvalue weighted by molar-refractivity contribution is 5.80. The lowest BCUT2D eigenvalue weighted by atomic mass is 9.85. The number of hydrogen-bond donors (Lipinski definition) is 1. The van der Waals surface area contributed by atoms with Crippen LogP contribution < -0.4 is 5.32 Å². The van der Waals surface area contributed by atoms with Gasteiger partial charge in [-0.15, -0.1) is 0 Å². The summed E-state index contributed by atoms with van der Waals surface area (Å²) in [7, 11) is 0. The van der Waals surface area contributed by atoms with E-state index in [2.05, 4.69) is 11.4 Å². The molecule has 3 nitrogen and oxygen atoms in total. The normalized spacial score (nSPS) is 20.2. The highest BCUT2D eigenvalue weighted by Gasteiger charge is 2.39. The predicted octanol–water partition coefficient (Wildman–Crippen LogP) is 3.01. The smallest absolute Gasteiger partial charge is 0.248 e. The van der Waals surface area contributed by atoms with Crippen LogP contribution in [-0.2, 0) is 4.79 Å². The minimum atomic E-state index is -2.63. The maximum Gasteiger partial charge on any atom is 0.248 e. The first kappa shape index (κ1) is 14.9. The third kappa shape index (κ3) is 3.41. The van der Waals surface area contributed by atoms with Crippen molar-refractivity contribution in [3.63, 3.8) is 0 Å². The van der Waals surface area contributed by atoms with Gasteiger partial charge in [-0.3, -0.25) is 4.79 Å². The molecular formula is C13H20F2N2O. The Hall–Kier alpha value is -1.18. The van der Waals surface area contributed by atoms with Gasteiger partial charge in [0.15, 0.2) is 0 Å². The Morgan fingerprint density at radius 1 is 1.39 bits per heavy atom. The molecule has 1 amide bonds. The summed E-state index contributed by atoms with van der Waals surface area (Å²) in [5.41, 5.74) is -0.850. The third-order valence-corrected chi connectivity index (χ3v) is 3.87. The summed E-state index contributed by atoms with van der Waals surface area (Å²) in [5, 5.41) is 11.9. The van der Waals surface area contributed by atoms with Gasteiger partial charge in [0.05, 0.1) is 6.07 Å². The molecule has 1 saturated carbocycles. The molecule has 0 radical (unpaired) electrons. The SMILES string of the molecule is CCC(C#N)(CC)NC(=O)C1CCC(F)(F)CC1. The topological polar surface area (TPSA) is 52.9 Å². The Labute approximate surface area is 107 Å². The standard InChI is InChI=1S/C13H20F2N2O/c1-3-12(4-2,9-16)17-11(18)10-5-7-13(14,15)8-6-10/h10H,3-8H2,1-2H3,(H,17,18). The number of nitriles is 1. The molecule has 0 unspecified atom stereocenters. The molecule has 1 fully saturated rings. The molecule has 0 aromatic heterocycles. The molecule has 18 heavy (non-hydrogen) atoms. The van der Waals surface area contributed by atoms with Crippen LogP contribution in [0.15, 0.2) is 0 Å². The first-order valence-electron chi connectivity index (χ1n) is 6.49. The Morgan fingerprint density at radius 3 is 2.28 bits per heavy atom. The van der Waals surface area contributed by atoms with E-state index >= 15 is 0 Å². The zero-order chi connectivity index (χ0) is 13.8. The number of carbonyl (C=O) groups is 1. The molecule has 1 aliphatic carbocycles. The van der Waals surface area contributed by atoms with Crippen LogP contribution in [0.5, 0.6) is 0 Å². The fourth-order valence-corrected chi connectivity index (χ4v) is 2.25. The molecule has 0 bridgehead atoms. The van der Waals surface area contributed by atoms with Crippen molar-refractivity contribution < 1.29 is 13.6 Å². The van der Waals surface area contributed by atoms with Crippen molar-refractivity contribution in [1.29, 1.82) is 5.26 Å². The molecule has 1 rings (SSSR count). The van der Waals surface area contributed by atoms with Crippen molar-refractivity contribution in [1.82, 2.24) is 5.32 Å². The molecule has 5 heteroatoms. The summed E-state index contributed by atoms with van der Waals surface area (Å²) in [6, 6.07) is 2.12. The largest absolute Gasteiger partial charge is 0.338 e. The summed E-state index contributed by atoms with van der Waals surface area (Å²) >= 11 is 0. The second kappa shape index (κ2) is 5.64. The molecule has 0 atom stereocenters. The highest BCUT2D eigenvalue weighted by atomic mass is 19.3. The van der Waals surface area contributed by atoms with Gasteiger partial charge in [-0.25, -0.2) is 8.78 Å². The van der Waals surface area contributed by atoms with Crippen molar-refractivity contribution in [3.8, 4) is 6.07 Å². The number of amides is 1. The summed E-state index contributed by atoms with van der Waals surface area (Å²) in [6.45, 7) is 3.67. The molecule has 0 aliphatic heterocycles. The van der Waals surface area contributed by atoms with Crippen molar-refractivity contribution in [2.24, 2.45) is 5.92 Å². The van der Waals surface area contributed by atoms with Crippen molar-refractivity contribution in [2.45, 2.75) is 63.8 Å². The van der Waals surface area contributed by atoms with Gasteiger partial charge in [0.1, 0.15) is 5.54 Å². The molecule has 102 valence electrons. The molecule has 0 aromatic carbocycles. The second-order valence-electron chi connectivity index (χ2n) is 5.02. The van der Waals surface area contributed by atoms with Crippen LogP contribution in [0.4, 0.5) is 8.78 Å². The number of nitrogens with zero attached hydrogens (tertiary/aromatic N) is 1. The highest BCUT2D eigenvalue weighted by Crippen LogP contribution is 2.36. The maximum absolute atomic E-state index is 13.0. The van der Waals surface area contributed by atoms with Gasteiger partial charge in [-0.2, -0.15) is 5.26 Å². The van der Waals surface area contributed by atoms with Crippen LogP contribution in [0.3, 0.4) is 0 Å². The molecule has 0 saturated heterocycles. The third-order valence-electron chi connectivity index (χ3n) is 3.87. The van der Waals surface area contributed by atoms with Gasteiger partial charge in [-0.05, 0) is 25.7 Å².